The minimum absolute atomic E-state index is 0.0770. The van der Waals surface area contributed by atoms with E-state index >= 15 is 0 Å². The third-order valence-corrected chi connectivity index (χ3v) is 1.30. The molecule has 4 heteroatoms. The van der Waals surface area contributed by atoms with Crippen LogP contribution in [0.15, 0.2) is 0 Å². The zero-order valence-corrected chi connectivity index (χ0v) is 4.78. The lowest BCUT2D eigenvalue weighted by Gasteiger charge is -2.06. The van der Waals surface area contributed by atoms with Gasteiger partial charge in [0.25, 0.3) is 0 Å². The van der Waals surface area contributed by atoms with Crippen molar-refractivity contribution in [3.63, 3.8) is 0 Å². The van der Waals surface area contributed by atoms with Crippen molar-refractivity contribution in [1.82, 2.24) is 0 Å². The molecule has 0 spiro atoms. The molecule has 1 rings (SSSR count). The van der Waals surface area contributed by atoms with E-state index in [9.17, 15) is 4.79 Å². The highest BCUT2D eigenvalue weighted by Crippen LogP contribution is 2.08. The zero-order valence-electron chi connectivity index (χ0n) is 4.78. The predicted molar refractivity (Wildman–Crippen MR) is 27.8 cm³/mol. The van der Waals surface area contributed by atoms with Crippen LogP contribution >= 0.6 is 0 Å². The van der Waals surface area contributed by atoms with Crippen molar-refractivity contribution in [3.05, 3.63) is 0 Å². The van der Waals surface area contributed by atoms with Crippen LogP contribution in [0.4, 0.5) is 0 Å². The first-order chi connectivity index (χ1) is 4.25. The molecule has 0 saturated carbocycles. The fraction of sp³-hybridized carbons (Fsp3) is 0.800. The topological polar surface area (TPSA) is 66.8 Å². The molecule has 9 heavy (non-hydrogen) atoms. The van der Waals surface area contributed by atoms with Gasteiger partial charge in [0.05, 0.1) is 6.61 Å². The van der Waals surface area contributed by atoms with Crippen LogP contribution in [0.3, 0.4) is 0 Å². The van der Waals surface area contributed by atoms with E-state index in [1.807, 2.05) is 0 Å². The molecule has 0 aromatic rings. The van der Waals surface area contributed by atoms with Crippen molar-refractivity contribution in [2.75, 3.05) is 13.2 Å². The Balaban J connectivity index is 2.51. The van der Waals surface area contributed by atoms with E-state index in [0.717, 1.165) is 0 Å². The summed E-state index contributed by atoms with van der Waals surface area (Å²) in [5.74, 6) is -0.353. The SMILES string of the molecule is O=C1CO[C@H](CO)[C@@H]1O. The molecule has 0 bridgehead atoms. The van der Waals surface area contributed by atoms with Crippen LogP contribution in [0, 0.1) is 0 Å². The number of Topliss-reactive ketones (excluding diaryl/α,β-unsaturated/α-hetero) is 1. The van der Waals surface area contributed by atoms with Crippen LogP contribution in [0.25, 0.3) is 0 Å². The van der Waals surface area contributed by atoms with Crippen molar-refractivity contribution in [1.29, 1.82) is 0 Å². The van der Waals surface area contributed by atoms with Gasteiger partial charge in [-0.25, -0.2) is 0 Å². The largest absolute Gasteiger partial charge is 0.394 e. The van der Waals surface area contributed by atoms with Gasteiger partial charge in [-0.1, -0.05) is 0 Å². The van der Waals surface area contributed by atoms with E-state index in [0.29, 0.717) is 0 Å². The number of hydrogen-bond acceptors (Lipinski definition) is 4. The molecule has 2 atom stereocenters. The molecule has 52 valence electrons. The summed E-state index contributed by atoms with van der Waals surface area (Å²) in [7, 11) is 0. The average molecular weight is 132 g/mol. The number of carbonyl (C=O) groups is 1. The maximum atomic E-state index is 10.5. The van der Waals surface area contributed by atoms with Gasteiger partial charge in [-0.15, -0.1) is 0 Å². The van der Waals surface area contributed by atoms with E-state index in [1.54, 1.807) is 0 Å². The van der Waals surface area contributed by atoms with Crippen LogP contribution < -0.4 is 0 Å². The van der Waals surface area contributed by atoms with Gasteiger partial charge in [0.2, 0.25) is 0 Å². The Kier molecular flexibility index (Phi) is 1.80. The fourth-order valence-corrected chi connectivity index (χ4v) is 0.726. The van der Waals surface area contributed by atoms with Gasteiger partial charge >= 0.3 is 0 Å². The molecule has 0 aliphatic carbocycles. The molecule has 0 aromatic carbocycles. The summed E-state index contributed by atoms with van der Waals surface area (Å²) in [4.78, 5) is 10.5. The highest BCUT2D eigenvalue weighted by atomic mass is 16.5. The number of hydrogen-bond donors (Lipinski definition) is 2. The molecule has 0 unspecified atom stereocenters. The van der Waals surface area contributed by atoms with Gasteiger partial charge < -0.3 is 14.9 Å². The van der Waals surface area contributed by atoms with Crippen molar-refractivity contribution in [3.8, 4) is 0 Å². The number of ether oxygens (including phenoxy) is 1. The lowest BCUT2D eigenvalue weighted by atomic mass is 10.2. The first-order valence-electron chi connectivity index (χ1n) is 2.69. The van der Waals surface area contributed by atoms with Crippen molar-refractivity contribution >= 4 is 5.78 Å². The van der Waals surface area contributed by atoms with E-state index in [1.165, 1.54) is 0 Å². The van der Waals surface area contributed by atoms with Crippen LogP contribution in [0.2, 0.25) is 0 Å². The second-order valence-electron chi connectivity index (χ2n) is 1.94. The first kappa shape index (κ1) is 6.67. The molecule has 0 amide bonds. The number of rotatable bonds is 1. The number of carbonyl (C=O) groups excluding carboxylic acids is 1. The number of ketones is 1. The molecule has 1 aliphatic heterocycles. The van der Waals surface area contributed by atoms with Gasteiger partial charge in [0.15, 0.2) is 5.78 Å². The smallest absolute Gasteiger partial charge is 0.189 e. The maximum Gasteiger partial charge on any atom is 0.189 e. The molecule has 0 aromatic heterocycles. The zero-order chi connectivity index (χ0) is 6.85. The second-order valence-corrected chi connectivity index (χ2v) is 1.94. The van der Waals surface area contributed by atoms with Crippen LogP contribution in [0.1, 0.15) is 0 Å². The first-order valence-corrected chi connectivity index (χ1v) is 2.69. The van der Waals surface area contributed by atoms with E-state index < -0.39 is 12.2 Å². The highest BCUT2D eigenvalue weighted by Gasteiger charge is 2.33. The summed E-state index contributed by atoms with van der Waals surface area (Å²) < 4.78 is 4.68. The van der Waals surface area contributed by atoms with Crippen molar-refractivity contribution < 1.29 is 19.7 Å². The Morgan fingerprint density at radius 1 is 1.78 bits per heavy atom. The van der Waals surface area contributed by atoms with Gasteiger partial charge in [-0.2, -0.15) is 0 Å². The summed E-state index contributed by atoms with van der Waals surface area (Å²) in [6.07, 6.45) is -1.81. The van der Waals surface area contributed by atoms with Gasteiger partial charge in [0.1, 0.15) is 18.8 Å². The summed E-state index contributed by atoms with van der Waals surface area (Å²) in [6, 6.07) is 0. The molecular formula is C5H8O4. The van der Waals surface area contributed by atoms with Crippen molar-refractivity contribution in [2.45, 2.75) is 12.2 Å². The summed E-state index contributed by atoms with van der Waals surface area (Å²) >= 11 is 0. The molecular weight excluding hydrogens is 124 g/mol. The Bertz CT molecular complexity index is 122. The predicted octanol–water partition coefficient (Wildman–Crippen LogP) is -1.69. The van der Waals surface area contributed by atoms with Crippen molar-refractivity contribution in [2.24, 2.45) is 0 Å². The Morgan fingerprint density at radius 3 is 2.67 bits per heavy atom. The Hall–Kier alpha value is -0.450. The highest BCUT2D eigenvalue weighted by molar-refractivity contribution is 5.86. The lowest BCUT2D eigenvalue weighted by Crippen LogP contribution is -2.29. The van der Waals surface area contributed by atoms with Gasteiger partial charge in [-0.3, -0.25) is 4.79 Å². The van der Waals surface area contributed by atoms with Crippen LogP contribution in [0.5, 0.6) is 0 Å². The van der Waals surface area contributed by atoms with E-state index in [4.69, 9.17) is 10.2 Å². The normalized spacial score (nSPS) is 35.6. The minimum atomic E-state index is -1.12. The summed E-state index contributed by atoms with van der Waals surface area (Å²) in [6.45, 7) is -0.376. The lowest BCUT2D eigenvalue weighted by molar-refractivity contribution is -0.123. The molecule has 1 saturated heterocycles. The van der Waals surface area contributed by atoms with Crippen LogP contribution in [-0.2, 0) is 9.53 Å². The molecule has 4 nitrogen and oxygen atoms in total. The molecule has 1 aliphatic rings. The Labute approximate surface area is 52.1 Å². The quantitative estimate of drug-likeness (QED) is 0.446. The summed E-state index contributed by atoms with van der Waals surface area (Å²) in [5, 5.41) is 17.2. The third kappa shape index (κ3) is 1.10. The van der Waals surface area contributed by atoms with Crippen LogP contribution in [-0.4, -0.2) is 41.4 Å². The standard InChI is InChI=1S/C5H8O4/c6-1-4-5(8)3(7)2-9-4/h4-6,8H,1-2H2/t4-,5-/m1/s1. The molecule has 1 heterocycles. The van der Waals surface area contributed by atoms with Gasteiger partial charge in [-0.05, 0) is 0 Å². The third-order valence-electron chi connectivity index (χ3n) is 1.30. The average Bonchev–Trinajstić information content (AvgIpc) is 2.15. The summed E-state index contributed by atoms with van der Waals surface area (Å²) in [5.41, 5.74) is 0. The van der Waals surface area contributed by atoms with Gasteiger partial charge in [0, 0.05) is 0 Å². The van der Waals surface area contributed by atoms with E-state index in [2.05, 4.69) is 4.74 Å². The molecule has 1 fully saturated rings. The number of aliphatic hydroxyl groups is 2. The fourth-order valence-electron chi connectivity index (χ4n) is 0.726. The monoisotopic (exact) mass is 132 g/mol. The maximum absolute atomic E-state index is 10.5. The Morgan fingerprint density at radius 2 is 2.44 bits per heavy atom. The van der Waals surface area contributed by atoms with E-state index in [-0.39, 0.29) is 19.0 Å². The number of aliphatic hydroxyl groups excluding tert-OH is 2. The molecule has 2 N–H and O–H groups in total. The molecule has 0 radical (unpaired) electrons. The minimum Gasteiger partial charge on any atom is -0.394 e. The second kappa shape index (κ2) is 2.43.